The van der Waals surface area contributed by atoms with Crippen LogP contribution in [0.15, 0.2) is 60.7 Å². The Bertz CT molecular complexity index is 875. The van der Waals surface area contributed by atoms with E-state index in [4.69, 9.17) is 20.0 Å². The van der Waals surface area contributed by atoms with Crippen molar-refractivity contribution in [3.05, 3.63) is 71.8 Å². The second kappa shape index (κ2) is 15.7. The number of unbranched alkanes of at least 4 members (excludes halogenated alkanes) is 1. The predicted octanol–water partition coefficient (Wildman–Crippen LogP) is 4.87. The normalized spacial score (nSPS) is 9.94. The third-order valence-corrected chi connectivity index (χ3v) is 5.02. The van der Waals surface area contributed by atoms with Gasteiger partial charge in [-0.15, -0.1) is 0 Å². The van der Waals surface area contributed by atoms with E-state index >= 15 is 0 Å². The highest BCUT2D eigenvalue weighted by atomic mass is 16.6. The van der Waals surface area contributed by atoms with Gasteiger partial charge in [0, 0.05) is 26.2 Å². The van der Waals surface area contributed by atoms with Crippen LogP contribution in [0.5, 0.6) is 0 Å². The van der Waals surface area contributed by atoms with Gasteiger partial charge >= 0.3 is 12.2 Å². The molecule has 0 spiro atoms. The second-order valence-corrected chi connectivity index (χ2v) is 7.58. The average Bonchev–Trinajstić information content (AvgIpc) is 2.88. The molecule has 0 aliphatic heterocycles. The Balaban J connectivity index is 1.81. The molecule has 0 atom stereocenters. The molecule has 0 unspecified atom stereocenters. The first-order valence-corrected chi connectivity index (χ1v) is 11.3. The first-order chi connectivity index (χ1) is 16.6. The monoisotopic (exact) mass is 462 g/mol. The van der Waals surface area contributed by atoms with Gasteiger partial charge in [-0.1, -0.05) is 60.7 Å². The summed E-state index contributed by atoms with van der Waals surface area (Å²) in [5, 5.41) is 17.8. The van der Waals surface area contributed by atoms with E-state index < -0.39 is 12.2 Å². The van der Waals surface area contributed by atoms with Crippen molar-refractivity contribution in [2.24, 2.45) is 0 Å². The van der Waals surface area contributed by atoms with Crippen LogP contribution in [0.1, 0.15) is 36.8 Å². The molecule has 2 amide bonds. The summed E-state index contributed by atoms with van der Waals surface area (Å²) in [5.74, 6) is 0. The molecule has 8 heteroatoms. The fourth-order valence-corrected chi connectivity index (χ4v) is 3.19. The summed E-state index contributed by atoms with van der Waals surface area (Å²) in [6.07, 6.45) is 0.702. The molecule has 0 heterocycles. The maximum Gasteiger partial charge on any atom is 0.410 e. The standard InChI is InChI=1S/C26H30N4O4/c27-15-9-19-29(25(31)33-21-23-11-3-1-4-12-23)17-7-8-18-30(20-10-16-28)26(32)34-22-24-13-5-2-6-14-24/h1-6,11-14H,7-10,17-22H2. The molecular weight excluding hydrogens is 432 g/mol. The van der Waals surface area contributed by atoms with Crippen LogP contribution in [0.2, 0.25) is 0 Å². The van der Waals surface area contributed by atoms with Gasteiger partial charge < -0.3 is 19.3 Å². The SMILES string of the molecule is N#CCCN(CCCCN(CCC#N)C(=O)OCc1ccccc1)C(=O)OCc1ccccc1. The zero-order valence-electron chi connectivity index (χ0n) is 19.3. The Morgan fingerprint density at radius 3 is 1.38 bits per heavy atom. The van der Waals surface area contributed by atoms with E-state index in [0.29, 0.717) is 25.9 Å². The van der Waals surface area contributed by atoms with Crippen molar-refractivity contribution >= 4 is 12.2 Å². The molecule has 0 saturated carbocycles. The van der Waals surface area contributed by atoms with Gasteiger partial charge in [0.1, 0.15) is 13.2 Å². The Labute approximate surface area is 200 Å². The molecule has 0 aromatic heterocycles. The van der Waals surface area contributed by atoms with Crippen molar-refractivity contribution < 1.29 is 19.1 Å². The molecule has 2 aromatic carbocycles. The van der Waals surface area contributed by atoms with Gasteiger partial charge in [0.2, 0.25) is 0 Å². The Morgan fingerprint density at radius 1 is 0.647 bits per heavy atom. The van der Waals surface area contributed by atoms with Crippen molar-refractivity contribution in [1.82, 2.24) is 9.80 Å². The number of rotatable bonds is 13. The van der Waals surface area contributed by atoms with Crippen LogP contribution in [-0.4, -0.2) is 48.2 Å². The highest BCUT2D eigenvalue weighted by molar-refractivity contribution is 5.68. The largest absolute Gasteiger partial charge is 0.445 e. The number of hydrogen-bond donors (Lipinski definition) is 0. The van der Waals surface area contributed by atoms with Crippen molar-refractivity contribution in [2.45, 2.75) is 38.9 Å². The molecule has 0 radical (unpaired) electrons. The minimum atomic E-state index is -0.470. The van der Waals surface area contributed by atoms with Crippen molar-refractivity contribution in [3.8, 4) is 12.1 Å². The lowest BCUT2D eigenvalue weighted by Gasteiger charge is -2.23. The van der Waals surface area contributed by atoms with Gasteiger partial charge in [-0.3, -0.25) is 0 Å². The Morgan fingerprint density at radius 2 is 1.03 bits per heavy atom. The maximum atomic E-state index is 12.5. The number of ether oxygens (including phenoxy) is 2. The van der Waals surface area contributed by atoms with Crippen LogP contribution in [0.25, 0.3) is 0 Å². The topological polar surface area (TPSA) is 107 Å². The third-order valence-electron chi connectivity index (χ3n) is 5.02. The van der Waals surface area contributed by atoms with Gasteiger partial charge in [0.25, 0.3) is 0 Å². The van der Waals surface area contributed by atoms with Crippen LogP contribution < -0.4 is 0 Å². The van der Waals surface area contributed by atoms with Crippen LogP contribution in [-0.2, 0) is 22.7 Å². The first-order valence-electron chi connectivity index (χ1n) is 11.3. The Hall–Kier alpha value is -4.04. The van der Waals surface area contributed by atoms with Gasteiger partial charge in [-0.25, -0.2) is 9.59 Å². The molecular formula is C26H30N4O4. The summed E-state index contributed by atoms with van der Waals surface area (Å²) in [6.45, 7) is 1.69. The highest BCUT2D eigenvalue weighted by Gasteiger charge is 2.17. The number of hydrogen-bond acceptors (Lipinski definition) is 6. The van der Waals surface area contributed by atoms with Gasteiger partial charge in [-0.05, 0) is 24.0 Å². The van der Waals surface area contributed by atoms with E-state index in [-0.39, 0.29) is 39.1 Å². The van der Waals surface area contributed by atoms with Crippen molar-refractivity contribution in [2.75, 3.05) is 26.2 Å². The van der Waals surface area contributed by atoms with E-state index in [1.54, 1.807) is 0 Å². The molecule has 2 aromatic rings. The van der Waals surface area contributed by atoms with E-state index in [1.165, 1.54) is 9.80 Å². The number of carbonyl (C=O) groups is 2. The van der Waals surface area contributed by atoms with Crippen molar-refractivity contribution in [1.29, 1.82) is 10.5 Å². The molecule has 8 nitrogen and oxygen atoms in total. The van der Waals surface area contributed by atoms with E-state index in [9.17, 15) is 9.59 Å². The molecule has 178 valence electrons. The highest BCUT2D eigenvalue weighted by Crippen LogP contribution is 2.08. The molecule has 0 N–H and O–H groups in total. The lowest BCUT2D eigenvalue weighted by molar-refractivity contribution is 0.0908. The zero-order chi connectivity index (χ0) is 24.4. The lowest BCUT2D eigenvalue weighted by Crippen LogP contribution is -2.35. The molecule has 0 aliphatic carbocycles. The number of carbonyl (C=O) groups excluding carboxylic acids is 2. The minimum Gasteiger partial charge on any atom is -0.445 e. The molecule has 2 rings (SSSR count). The summed E-state index contributed by atoms with van der Waals surface area (Å²) < 4.78 is 10.8. The molecule has 0 fully saturated rings. The number of amides is 2. The van der Waals surface area contributed by atoms with Gasteiger partial charge in [0.15, 0.2) is 0 Å². The summed E-state index contributed by atoms with van der Waals surface area (Å²) in [6, 6.07) is 22.9. The number of benzene rings is 2. The summed E-state index contributed by atoms with van der Waals surface area (Å²) >= 11 is 0. The molecule has 0 saturated heterocycles. The van der Waals surface area contributed by atoms with Crippen LogP contribution in [0.4, 0.5) is 9.59 Å². The molecule has 0 aliphatic rings. The average molecular weight is 463 g/mol. The predicted molar refractivity (Wildman–Crippen MR) is 126 cm³/mol. The fourth-order valence-electron chi connectivity index (χ4n) is 3.19. The van der Waals surface area contributed by atoms with Crippen LogP contribution >= 0.6 is 0 Å². The fraction of sp³-hybridized carbons (Fsp3) is 0.385. The van der Waals surface area contributed by atoms with E-state index in [0.717, 1.165) is 11.1 Å². The minimum absolute atomic E-state index is 0.165. The summed E-state index contributed by atoms with van der Waals surface area (Å²) in [4.78, 5) is 28.0. The smallest absolute Gasteiger partial charge is 0.410 e. The first kappa shape index (κ1) is 26.2. The second-order valence-electron chi connectivity index (χ2n) is 7.58. The third kappa shape index (κ3) is 10.1. The van der Waals surface area contributed by atoms with Crippen LogP contribution in [0.3, 0.4) is 0 Å². The molecule has 0 bridgehead atoms. The maximum absolute atomic E-state index is 12.5. The zero-order valence-corrected chi connectivity index (χ0v) is 19.3. The lowest BCUT2D eigenvalue weighted by atomic mass is 10.2. The van der Waals surface area contributed by atoms with Gasteiger partial charge in [-0.2, -0.15) is 10.5 Å². The van der Waals surface area contributed by atoms with Gasteiger partial charge in [0.05, 0.1) is 25.0 Å². The Kier molecular flexibility index (Phi) is 12.1. The quantitative estimate of drug-likeness (QED) is 0.393. The van der Waals surface area contributed by atoms with Crippen LogP contribution in [0, 0.1) is 22.7 Å². The van der Waals surface area contributed by atoms with E-state index in [1.807, 2.05) is 60.7 Å². The van der Waals surface area contributed by atoms with Crippen molar-refractivity contribution in [3.63, 3.8) is 0 Å². The molecule has 34 heavy (non-hydrogen) atoms. The summed E-state index contributed by atoms with van der Waals surface area (Å²) in [5.41, 5.74) is 1.77. The van der Waals surface area contributed by atoms with E-state index in [2.05, 4.69) is 12.1 Å². The summed E-state index contributed by atoms with van der Waals surface area (Å²) in [7, 11) is 0. The number of nitriles is 2. The number of nitrogens with zero attached hydrogens (tertiary/aromatic N) is 4.